The first-order chi connectivity index (χ1) is 31.2. The molecule has 3 fully saturated rings. The van der Waals surface area contributed by atoms with Crippen LogP contribution in [-0.4, -0.2) is 113 Å². The second kappa shape index (κ2) is 19.5. The van der Waals surface area contributed by atoms with Crippen LogP contribution in [0.2, 0.25) is 0 Å². The average molecular weight is 974 g/mol. The topological polar surface area (TPSA) is 175 Å². The minimum Gasteiger partial charge on any atom is -0.494 e. The van der Waals surface area contributed by atoms with E-state index in [1.807, 2.05) is 17.0 Å². The standard InChI is InChI=1S/C46H52BrF2N10O5P/c1-5-28-24-36(54-46-52-26-31(47)44(56-46)53-35-9-8-34-42(51-15-14-50-34)43(35)65(3,4)63)38(64-2)25-37(28)58-16-12-29(13-17-58)57-18-20-59(21-19-57)40(61)11-6-27-22-32(48)41(33(49)23-27)30-7-10-39(60)55-45(30)62/h8-9,14-15,22-26,29-30H,5-7,10-13,16-21H2,1-4H3,(H,55,60,62)(H2,52,53,54,56). The Morgan fingerprint density at radius 3 is 2.34 bits per heavy atom. The van der Waals surface area contributed by atoms with E-state index in [1.165, 1.54) is 12.1 Å². The van der Waals surface area contributed by atoms with Crippen molar-refractivity contribution in [3.8, 4) is 5.75 Å². The number of benzene rings is 3. The Morgan fingerprint density at radius 1 is 0.938 bits per heavy atom. The Balaban J connectivity index is 0.859. The summed E-state index contributed by atoms with van der Waals surface area (Å²) in [5, 5.41) is 9.46. The summed E-state index contributed by atoms with van der Waals surface area (Å²) in [6.45, 7) is 9.93. The summed E-state index contributed by atoms with van der Waals surface area (Å²) in [4.78, 5) is 61.9. The fraction of sp³-hybridized carbons (Fsp3) is 0.413. The number of piperidine rings is 2. The molecular formula is C46H52BrF2N10O5P. The molecule has 15 nitrogen and oxygen atoms in total. The average Bonchev–Trinajstić information content (AvgIpc) is 3.29. The highest BCUT2D eigenvalue weighted by Gasteiger charge is 2.34. The molecule has 65 heavy (non-hydrogen) atoms. The van der Waals surface area contributed by atoms with E-state index in [1.54, 1.807) is 39.0 Å². The van der Waals surface area contributed by atoms with Crippen molar-refractivity contribution in [3.05, 3.63) is 87.8 Å². The fourth-order valence-corrected chi connectivity index (χ4v) is 10.9. The van der Waals surface area contributed by atoms with Crippen LogP contribution in [-0.2, 0) is 31.8 Å². The predicted molar refractivity (Wildman–Crippen MR) is 250 cm³/mol. The zero-order valence-corrected chi connectivity index (χ0v) is 39.3. The van der Waals surface area contributed by atoms with Gasteiger partial charge >= 0.3 is 0 Å². The summed E-state index contributed by atoms with van der Waals surface area (Å²) in [7, 11) is -1.16. The molecule has 3 saturated heterocycles. The number of carbonyl (C=O) groups is 3. The van der Waals surface area contributed by atoms with E-state index in [0.29, 0.717) is 68.7 Å². The molecule has 3 aliphatic heterocycles. The smallest absolute Gasteiger partial charge is 0.234 e. The van der Waals surface area contributed by atoms with Gasteiger partial charge in [-0.25, -0.2) is 13.8 Å². The van der Waals surface area contributed by atoms with Gasteiger partial charge in [-0.2, -0.15) is 4.98 Å². The number of rotatable bonds is 13. The van der Waals surface area contributed by atoms with E-state index in [4.69, 9.17) is 9.72 Å². The van der Waals surface area contributed by atoms with Crippen molar-refractivity contribution in [2.45, 2.75) is 63.8 Å². The van der Waals surface area contributed by atoms with Crippen molar-refractivity contribution in [3.63, 3.8) is 0 Å². The van der Waals surface area contributed by atoms with Crippen LogP contribution in [0.3, 0.4) is 0 Å². The summed E-state index contributed by atoms with van der Waals surface area (Å²) in [6, 6.07) is 10.6. The number of methoxy groups -OCH3 is 1. The van der Waals surface area contributed by atoms with Gasteiger partial charge in [0.2, 0.25) is 23.7 Å². The third-order valence-electron chi connectivity index (χ3n) is 12.5. The van der Waals surface area contributed by atoms with Crippen molar-refractivity contribution in [2.24, 2.45) is 0 Å². The molecule has 342 valence electrons. The first-order valence-electron chi connectivity index (χ1n) is 21.9. The van der Waals surface area contributed by atoms with Crippen LogP contribution in [0.4, 0.5) is 37.6 Å². The van der Waals surface area contributed by atoms with Crippen LogP contribution in [0.25, 0.3) is 11.0 Å². The lowest BCUT2D eigenvalue weighted by Gasteiger charge is -2.43. The minimum atomic E-state index is -2.80. The number of aromatic nitrogens is 4. The number of nitrogens with zero attached hydrogens (tertiary/aromatic N) is 7. The summed E-state index contributed by atoms with van der Waals surface area (Å²) >= 11 is 3.58. The van der Waals surface area contributed by atoms with Gasteiger partial charge < -0.3 is 29.7 Å². The maximum absolute atomic E-state index is 15.1. The molecule has 3 N–H and O–H groups in total. The first kappa shape index (κ1) is 46.0. The lowest BCUT2D eigenvalue weighted by molar-refractivity contribution is -0.135. The molecule has 0 spiro atoms. The molecule has 5 aromatic rings. The van der Waals surface area contributed by atoms with E-state index >= 15 is 8.78 Å². The van der Waals surface area contributed by atoms with Crippen LogP contribution in [0.15, 0.2) is 59.5 Å². The molecule has 3 aromatic carbocycles. The van der Waals surface area contributed by atoms with E-state index in [9.17, 15) is 18.9 Å². The molecular weight excluding hydrogens is 921 g/mol. The molecule has 2 aromatic heterocycles. The number of aryl methyl sites for hydroxylation is 2. The normalized spacial score (nSPS) is 17.6. The molecule has 0 saturated carbocycles. The van der Waals surface area contributed by atoms with E-state index in [-0.39, 0.29) is 37.2 Å². The largest absolute Gasteiger partial charge is 0.494 e. The van der Waals surface area contributed by atoms with Gasteiger partial charge in [0.15, 0.2) is 0 Å². The Bertz CT molecular complexity index is 2670. The number of amides is 3. The molecule has 19 heteroatoms. The molecule has 5 heterocycles. The van der Waals surface area contributed by atoms with E-state index < -0.39 is 36.5 Å². The number of halogens is 3. The van der Waals surface area contributed by atoms with Crippen LogP contribution in [0.5, 0.6) is 5.75 Å². The zero-order valence-electron chi connectivity index (χ0n) is 36.8. The number of carbonyl (C=O) groups excluding carboxylic acids is 3. The maximum Gasteiger partial charge on any atom is 0.234 e. The number of imide groups is 1. The maximum atomic E-state index is 15.1. The highest BCUT2D eigenvalue weighted by molar-refractivity contribution is 9.10. The van der Waals surface area contributed by atoms with Crippen molar-refractivity contribution >= 4 is 86.0 Å². The Labute approximate surface area is 384 Å². The summed E-state index contributed by atoms with van der Waals surface area (Å²) in [5.41, 5.74) is 4.85. The van der Waals surface area contributed by atoms with Gasteiger partial charge in [0.25, 0.3) is 0 Å². The van der Waals surface area contributed by atoms with Crippen molar-refractivity contribution in [1.29, 1.82) is 0 Å². The second-order valence-corrected chi connectivity index (χ2v) is 21.0. The van der Waals surface area contributed by atoms with Crippen molar-refractivity contribution in [1.82, 2.24) is 35.1 Å². The highest BCUT2D eigenvalue weighted by Crippen LogP contribution is 2.42. The third kappa shape index (κ3) is 10.1. The second-order valence-electron chi connectivity index (χ2n) is 17.0. The van der Waals surface area contributed by atoms with Gasteiger partial charge in [-0.05, 0) is 103 Å². The monoisotopic (exact) mass is 972 g/mol. The molecule has 3 aliphatic rings. The Hall–Kier alpha value is -5.58. The fourth-order valence-electron chi connectivity index (χ4n) is 9.19. The first-order valence-corrected chi connectivity index (χ1v) is 25.2. The SMILES string of the molecule is CCc1cc(Nc2ncc(Br)c(Nc3ccc4nccnc4c3P(C)(C)=O)n2)c(OC)cc1N1CCC(N2CCN(C(=O)CCc3cc(F)c(C4CCC(=O)NC4=O)c(F)c3)CC2)CC1. The van der Waals surface area contributed by atoms with Gasteiger partial charge in [-0.15, -0.1) is 0 Å². The zero-order chi connectivity index (χ0) is 46.0. The third-order valence-corrected chi connectivity index (χ3v) is 14.6. The van der Waals surface area contributed by atoms with Gasteiger partial charge in [0.1, 0.15) is 35.9 Å². The van der Waals surface area contributed by atoms with Gasteiger partial charge in [-0.1, -0.05) is 6.92 Å². The quantitative estimate of drug-likeness (QED) is 0.0811. The van der Waals surface area contributed by atoms with Crippen LogP contribution < -0.4 is 30.9 Å². The van der Waals surface area contributed by atoms with Crippen LogP contribution >= 0.6 is 23.1 Å². The predicted octanol–water partition coefficient (Wildman–Crippen LogP) is 7.03. The summed E-state index contributed by atoms with van der Waals surface area (Å²) < 4.78 is 50.2. The number of ether oxygens (including phenoxy) is 1. The van der Waals surface area contributed by atoms with Gasteiger partial charge in [0, 0.05) is 94.1 Å². The number of anilines is 5. The number of nitrogens with one attached hydrogen (secondary N) is 3. The molecule has 8 rings (SSSR count). The minimum absolute atomic E-state index is 0.0204. The van der Waals surface area contributed by atoms with Crippen molar-refractivity contribution in [2.75, 3.05) is 75.2 Å². The molecule has 0 aliphatic carbocycles. The molecule has 3 amide bonds. The summed E-state index contributed by atoms with van der Waals surface area (Å²) in [6.07, 6.45) is 7.93. The number of fused-ring (bicyclic) bond motifs is 1. The van der Waals surface area contributed by atoms with Gasteiger partial charge in [-0.3, -0.25) is 34.6 Å². The molecule has 1 atom stereocenters. The van der Waals surface area contributed by atoms with Gasteiger partial charge in [0.05, 0.1) is 39.7 Å². The number of piperazine rings is 1. The van der Waals surface area contributed by atoms with Crippen LogP contribution in [0, 0.1) is 11.6 Å². The lowest BCUT2D eigenvalue weighted by Crippen LogP contribution is -2.54. The van der Waals surface area contributed by atoms with Crippen molar-refractivity contribution < 1.29 is 32.5 Å². The summed E-state index contributed by atoms with van der Waals surface area (Å²) in [5.74, 6) is -2.49. The highest BCUT2D eigenvalue weighted by atomic mass is 79.9. The lowest BCUT2D eigenvalue weighted by atomic mass is 9.88. The van der Waals surface area contributed by atoms with E-state index in [0.717, 1.165) is 62.4 Å². The van der Waals surface area contributed by atoms with E-state index in [2.05, 4.69) is 75.7 Å². The number of hydrogen-bond acceptors (Lipinski definition) is 13. The molecule has 0 radical (unpaired) electrons. The molecule has 1 unspecified atom stereocenters. The van der Waals surface area contributed by atoms with Crippen LogP contribution in [0.1, 0.15) is 61.6 Å². The molecule has 0 bridgehead atoms. The Morgan fingerprint density at radius 2 is 1.66 bits per heavy atom. The Kier molecular flexibility index (Phi) is 13.8. The number of hydrogen-bond donors (Lipinski definition) is 3.